The average molecular weight is 515 g/mol. The van der Waals surface area contributed by atoms with E-state index in [1.165, 1.54) is 18.8 Å². The molecule has 1 aromatic heterocycles. The van der Waals surface area contributed by atoms with Gasteiger partial charge in [-0.2, -0.15) is 0 Å². The van der Waals surface area contributed by atoms with E-state index in [0.717, 1.165) is 62.4 Å². The number of aliphatic imine (C=N–C) groups is 1. The van der Waals surface area contributed by atoms with Crippen molar-refractivity contribution in [3.8, 4) is 0 Å². The molecule has 0 aliphatic carbocycles. The van der Waals surface area contributed by atoms with Crippen LogP contribution < -0.4 is 16.0 Å². The third-order valence-corrected chi connectivity index (χ3v) is 5.87. The predicted octanol–water partition coefficient (Wildman–Crippen LogP) is 3.45. The van der Waals surface area contributed by atoms with Gasteiger partial charge in [-0.25, -0.2) is 9.78 Å². The Morgan fingerprint density at radius 1 is 1.24 bits per heavy atom. The van der Waals surface area contributed by atoms with Crippen molar-refractivity contribution in [2.24, 2.45) is 4.99 Å². The van der Waals surface area contributed by atoms with E-state index in [1.54, 1.807) is 0 Å². The minimum Gasteiger partial charge on any atom is -0.458 e. The minimum absolute atomic E-state index is 0.0471. The van der Waals surface area contributed by atoms with Gasteiger partial charge in [-0.15, -0.1) is 0 Å². The number of unbranched alkanes of at least 4 members (excludes halogenated alkanes) is 1. The summed E-state index contributed by atoms with van der Waals surface area (Å²) in [6, 6.07) is 3.72. The maximum atomic E-state index is 12.8. The highest BCUT2D eigenvalue weighted by Crippen LogP contribution is 2.20. The van der Waals surface area contributed by atoms with Crippen LogP contribution in [0.4, 0.5) is 5.82 Å². The number of ether oxygens (including phenoxy) is 1. The van der Waals surface area contributed by atoms with Crippen molar-refractivity contribution in [3.05, 3.63) is 35.7 Å². The summed E-state index contributed by atoms with van der Waals surface area (Å²) in [4.78, 5) is 35.7. The monoisotopic (exact) mass is 514 g/mol. The number of esters is 1. The zero-order chi connectivity index (χ0) is 27.3. The summed E-state index contributed by atoms with van der Waals surface area (Å²) in [7, 11) is 0. The van der Waals surface area contributed by atoms with Crippen LogP contribution in [0.1, 0.15) is 71.6 Å². The van der Waals surface area contributed by atoms with E-state index >= 15 is 0 Å². The van der Waals surface area contributed by atoms with Gasteiger partial charge < -0.3 is 25.6 Å². The molecule has 9 heteroatoms. The number of anilines is 1. The second-order valence-corrected chi connectivity index (χ2v) is 10.7. The predicted molar refractivity (Wildman–Crippen MR) is 150 cm³/mol. The molecule has 2 rings (SSSR count). The summed E-state index contributed by atoms with van der Waals surface area (Å²) < 4.78 is 5.60. The molecule has 0 spiro atoms. The molecule has 0 aromatic carbocycles. The van der Waals surface area contributed by atoms with E-state index in [9.17, 15) is 9.59 Å². The van der Waals surface area contributed by atoms with Crippen LogP contribution in [0.25, 0.3) is 0 Å². The van der Waals surface area contributed by atoms with Crippen molar-refractivity contribution in [2.45, 2.75) is 84.8 Å². The molecule has 0 bridgehead atoms. The Morgan fingerprint density at radius 2 is 2.03 bits per heavy atom. The average Bonchev–Trinajstić information content (AvgIpc) is 2.81. The quantitative estimate of drug-likeness (QED) is 0.142. The summed E-state index contributed by atoms with van der Waals surface area (Å²) >= 11 is 0. The van der Waals surface area contributed by atoms with Crippen molar-refractivity contribution in [3.63, 3.8) is 0 Å². The molecule has 3 N–H and O–H groups in total. The second-order valence-electron chi connectivity index (χ2n) is 10.7. The molecule has 37 heavy (non-hydrogen) atoms. The third kappa shape index (κ3) is 12.7. The van der Waals surface area contributed by atoms with Crippen molar-refractivity contribution >= 4 is 24.0 Å². The number of allylic oxidation sites excluding steroid dienone is 1. The summed E-state index contributed by atoms with van der Waals surface area (Å²) in [6.45, 7) is 16.5. The number of rotatable bonds is 15. The lowest BCUT2D eigenvalue weighted by Crippen LogP contribution is -2.38. The summed E-state index contributed by atoms with van der Waals surface area (Å²) in [5.74, 6) is 0.644. The molecule has 0 radical (unpaired) electrons. The van der Waals surface area contributed by atoms with Gasteiger partial charge in [0.15, 0.2) is 6.04 Å². The van der Waals surface area contributed by atoms with Gasteiger partial charge in [-0.05, 0) is 84.4 Å². The molecule has 9 nitrogen and oxygen atoms in total. The molecule has 1 amide bonds. The maximum Gasteiger partial charge on any atom is 0.331 e. The first-order valence-corrected chi connectivity index (χ1v) is 13.4. The Kier molecular flexibility index (Phi) is 12.6. The topological polar surface area (TPSA) is 108 Å². The number of nitrogens with one attached hydrogen (secondary N) is 3. The Morgan fingerprint density at radius 3 is 2.73 bits per heavy atom. The fourth-order valence-corrected chi connectivity index (χ4v) is 4.04. The third-order valence-electron chi connectivity index (χ3n) is 5.87. The molecule has 0 unspecified atom stereocenters. The van der Waals surface area contributed by atoms with Crippen LogP contribution in [0.2, 0.25) is 0 Å². The van der Waals surface area contributed by atoms with Gasteiger partial charge >= 0.3 is 5.97 Å². The lowest BCUT2D eigenvalue weighted by atomic mass is 10.1. The number of nitrogens with zero attached hydrogens (tertiary/aromatic N) is 3. The van der Waals surface area contributed by atoms with Crippen molar-refractivity contribution in [1.29, 1.82) is 0 Å². The molecule has 0 saturated heterocycles. The van der Waals surface area contributed by atoms with E-state index in [2.05, 4.69) is 44.6 Å². The maximum absolute atomic E-state index is 12.8. The van der Waals surface area contributed by atoms with Gasteiger partial charge in [-0.1, -0.05) is 12.6 Å². The molecule has 2 heterocycles. The first-order valence-electron chi connectivity index (χ1n) is 13.4. The van der Waals surface area contributed by atoms with Gasteiger partial charge in [0.05, 0.1) is 6.34 Å². The van der Waals surface area contributed by atoms with E-state index in [4.69, 9.17) is 9.72 Å². The highest BCUT2D eigenvalue weighted by atomic mass is 16.6. The van der Waals surface area contributed by atoms with Crippen LogP contribution >= 0.6 is 0 Å². The van der Waals surface area contributed by atoms with Gasteiger partial charge in [0.2, 0.25) is 5.91 Å². The van der Waals surface area contributed by atoms with Gasteiger partial charge in [0, 0.05) is 44.5 Å². The van der Waals surface area contributed by atoms with Crippen LogP contribution in [-0.2, 0) is 27.2 Å². The molecule has 1 aliphatic heterocycles. The smallest absolute Gasteiger partial charge is 0.331 e. The normalized spacial score (nSPS) is 14.1. The zero-order valence-electron chi connectivity index (χ0n) is 23.4. The molecule has 1 aliphatic rings. The molecular formula is C28H46N6O3. The number of hydrogen-bond donors (Lipinski definition) is 3. The first kappa shape index (κ1) is 30.3. The second kappa shape index (κ2) is 15.3. The van der Waals surface area contributed by atoms with Crippen molar-refractivity contribution in [1.82, 2.24) is 20.5 Å². The fraction of sp³-hybridized carbons (Fsp3) is 0.643. The largest absolute Gasteiger partial charge is 0.458 e. The van der Waals surface area contributed by atoms with E-state index in [-0.39, 0.29) is 11.9 Å². The highest BCUT2D eigenvalue weighted by molar-refractivity contribution is 5.78. The molecular weight excluding hydrogens is 468 g/mol. The zero-order valence-corrected chi connectivity index (χ0v) is 23.4. The Labute approximate surface area is 222 Å². The number of aryl methyl sites for hydroxylation is 2. The molecule has 1 aromatic rings. The number of amides is 1. The Bertz CT molecular complexity index is 925. The Hall–Kier alpha value is -2.94. The van der Waals surface area contributed by atoms with Crippen molar-refractivity contribution in [2.75, 3.05) is 38.0 Å². The first-order chi connectivity index (χ1) is 17.5. The van der Waals surface area contributed by atoms with Crippen LogP contribution in [0.5, 0.6) is 0 Å². The van der Waals surface area contributed by atoms with Crippen LogP contribution in [0.3, 0.4) is 0 Å². The molecule has 0 fully saturated rings. The molecule has 0 saturated carbocycles. The van der Waals surface area contributed by atoms with Crippen LogP contribution in [-0.4, -0.2) is 72.5 Å². The van der Waals surface area contributed by atoms with Gasteiger partial charge in [-0.3, -0.25) is 9.79 Å². The fourth-order valence-electron chi connectivity index (χ4n) is 4.04. The molecule has 206 valence electrons. The lowest BCUT2D eigenvalue weighted by molar-refractivity contribution is -0.156. The van der Waals surface area contributed by atoms with E-state index < -0.39 is 11.6 Å². The number of fused-ring (bicyclic) bond motifs is 1. The summed E-state index contributed by atoms with van der Waals surface area (Å²) in [5.41, 5.74) is 2.58. The number of pyridine rings is 1. The number of carbonyl (C=O) groups is 2. The summed E-state index contributed by atoms with van der Waals surface area (Å²) in [5, 5.41) is 9.21. The Balaban J connectivity index is 1.93. The molecule has 1 atom stereocenters. The van der Waals surface area contributed by atoms with Gasteiger partial charge in [0.25, 0.3) is 0 Å². The minimum atomic E-state index is -0.624. The van der Waals surface area contributed by atoms with Crippen molar-refractivity contribution < 1.29 is 14.3 Å². The number of carbonyl (C=O) groups excluding carboxylic acids is 2. The summed E-state index contributed by atoms with van der Waals surface area (Å²) in [6.07, 6.45) is 7.21. The lowest BCUT2D eigenvalue weighted by Gasteiger charge is -2.26. The number of hydrogen-bond acceptors (Lipinski definition) is 7. The van der Waals surface area contributed by atoms with Crippen LogP contribution in [0, 0.1) is 0 Å². The van der Waals surface area contributed by atoms with E-state index in [0.29, 0.717) is 26.1 Å². The number of aromatic nitrogens is 1. The highest BCUT2D eigenvalue weighted by Gasteiger charge is 2.25. The van der Waals surface area contributed by atoms with Crippen LogP contribution in [0.15, 0.2) is 29.4 Å². The standard InChI is InChI=1S/C28H46N6O3/c1-21(2)31-20-32-25(27(36)37-28(4,5)6)14-18-34(19-16-29-22(3)35)17-8-7-11-24-13-12-23-10-9-15-30-26(23)33-24/h12-13,20,25H,1,7-11,14-19H2,2-6H3,(H,29,35)(H,30,33)(H,31,32)/t25-/m0/s1. The van der Waals surface area contributed by atoms with E-state index in [1.807, 2.05) is 27.7 Å². The SMILES string of the molecule is C=C(C)NC=N[C@@H](CCN(CCCCc1ccc2c(n1)NCCC2)CCNC(C)=O)C(=O)OC(C)(C)C. The van der Waals surface area contributed by atoms with Gasteiger partial charge in [0.1, 0.15) is 11.4 Å².